The summed E-state index contributed by atoms with van der Waals surface area (Å²) in [6, 6.07) is 10.3. The van der Waals surface area contributed by atoms with Gasteiger partial charge in [-0.25, -0.2) is 0 Å². The molecule has 0 saturated heterocycles. The van der Waals surface area contributed by atoms with E-state index in [0.29, 0.717) is 7.69 Å². The maximum absolute atomic E-state index is 7.65. The molecule has 1 radical (unpaired) electrons. The molecule has 1 aromatic carbocycles. The number of hydrogen-bond donors (Lipinski definition) is 1. The molecule has 0 fully saturated rings. The highest BCUT2D eigenvalue weighted by molar-refractivity contribution is 6.16. The van der Waals surface area contributed by atoms with Gasteiger partial charge in [0, 0.05) is 0 Å². The summed E-state index contributed by atoms with van der Waals surface area (Å²) in [4.78, 5) is 0. The van der Waals surface area contributed by atoms with E-state index in [1.165, 1.54) is 5.56 Å². The van der Waals surface area contributed by atoms with Crippen LogP contribution in [0.4, 0.5) is 0 Å². The second-order valence-corrected chi connectivity index (χ2v) is 2.06. The minimum atomic E-state index is 0.562. The maximum atomic E-state index is 7.65. The van der Waals surface area contributed by atoms with E-state index in [2.05, 4.69) is 30.3 Å². The van der Waals surface area contributed by atoms with Crippen molar-refractivity contribution in [2.24, 2.45) is 0 Å². The van der Waals surface area contributed by atoms with Gasteiger partial charge in [0.15, 0.2) is 0 Å². The van der Waals surface area contributed by atoms with Gasteiger partial charge in [-0.1, -0.05) is 42.5 Å². The van der Waals surface area contributed by atoms with E-state index in [4.69, 9.17) is 5.02 Å². The van der Waals surface area contributed by atoms with E-state index < -0.39 is 0 Å². The molecule has 1 N–H and O–H groups in total. The van der Waals surface area contributed by atoms with E-state index >= 15 is 0 Å². The van der Waals surface area contributed by atoms with Crippen LogP contribution in [0.3, 0.4) is 0 Å². The van der Waals surface area contributed by atoms with E-state index in [1.807, 2.05) is 18.2 Å². The molecular weight excluding hydrogens is 151 g/mol. The predicted octanol–water partition coefficient (Wildman–Crippen LogP) is 1.67. The molecule has 2 nitrogen and oxygen atoms in total. The Hall–Kier alpha value is -1.22. The Kier molecular flexibility index (Phi) is 7.09. The number of rotatable bonds is 2. The Morgan fingerprint density at radius 2 is 2.00 bits per heavy atom. The minimum Gasteiger partial charge on any atom is -0.544 e. The molecular formula is C9H12BO2. The van der Waals surface area contributed by atoms with Crippen molar-refractivity contribution in [1.82, 2.24) is 0 Å². The van der Waals surface area contributed by atoms with Crippen molar-refractivity contribution in [2.75, 3.05) is 0 Å². The predicted molar refractivity (Wildman–Crippen MR) is 50.4 cm³/mol. The van der Waals surface area contributed by atoms with Crippen molar-refractivity contribution in [3.8, 4) is 0 Å². The van der Waals surface area contributed by atoms with Crippen LogP contribution in [-0.2, 0) is 4.65 Å². The van der Waals surface area contributed by atoms with Gasteiger partial charge in [-0.2, -0.15) is 0 Å². The Morgan fingerprint density at radius 1 is 1.42 bits per heavy atom. The summed E-state index contributed by atoms with van der Waals surface area (Å²) in [5.41, 5.74) is 1.32. The zero-order valence-corrected chi connectivity index (χ0v) is 7.10. The second-order valence-electron chi connectivity index (χ2n) is 2.06. The first-order chi connectivity index (χ1) is 5.81. The maximum Gasteiger partial charge on any atom is 0.568 e. The van der Waals surface area contributed by atoms with Gasteiger partial charge in [-0.3, -0.25) is 0 Å². The Labute approximate surface area is 73.8 Å². The summed E-state index contributed by atoms with van der Waals surface area (Å²) >= 11 is 0. The van der Waals surface area contributed by atoms with Crippen LogP contribution in [0.5, 0.6) is 0 Å². The largest absolute Gasteiger partial charge is 0.568 e. The highest BCUT2D eigenvalue weighted by Crippen LogP contribution is 1.92. The molecule has 0 amide bonds. The van der Waals surface area contributed by atoms with Crippen LogP contribution in [0.15, 0.2) is 43.2 Å². The molecule has 0 aliphatic heterocycles. The van der Waals surface area contributed by atoms with E-state index in [1.54, 1.807) is 0 Å². The highest BCUT2D eigenvalue weighted by Gasteiger charge is 1.72. The third-order valence-corrected chi connectivity index (χ3v) is 1.10. The van der Waals surface area contributed by atoms with Gasteiger partial charge in [0.05, 0.1) is 6.26 Å². The molecule has 0 bridgehead atoms. The van der Waals surface area contributed by atoms with Gasteiger partial charge in [-0.05, 0) is 6.92 Å². The average molecular weight is 163 g/mol. The van der Waals surface area contributed by atoms with Crippen molar-refractivity contribution < 1.29 is 9.68 Å². The van der Waals surface area contributed by atoms with Crippen LogP contribution >= 0.6 is 0 Å². The molecule has 0 aliphatic carbocycles. The van der Waals surface area contributed by atoms with Crippen molar-refractivity contribution in [1.29, 1.82) is 0 Å². The van der Waals surface area contributed by atoms with Crippen LogP contribution in [0.25, 0.3) is 0 Å². The lowest BCUT2D eigenvalue weighted by atomic mass is 10.2. The van der Waals surface area contributed by atoms with Gasteiger partial charge < -0.3 is 9.68 Å². The summed E-state index contributed by atoms with van der Waals surface area (Å²) in [5.74, 6) is 0. The molecule has 0 aliphatic rings. The summed E-state index contributed by atoms with van der Waals surface area (Å²) in [5, 5.41) is 7.65. The zero-order valence-electron chi connectivity index (χ0n) is 7.10. The standard InChI is InChI=1S/C7H8.C2H4BO2/c1-7-5-3-2-4-6-7;1-2-5-3-4/h2-6H,1H3;2,4H,1H2. The molecule has 0 atom stereocenters. The van der Waals surface area contributed by atoms with Crippen LogP contribution in [0.1, 0.15) is 5.56 Å². The van der Waals surface area contributed by atoms with Gasteiger partial charge >= 0.3 is 7.69 Å². The SMILES string of the molecule is C=CO[B]O.Cc1ccccc1. The molecule has 1 aromatic rings. The van der Waals surface area contributed by atoms with Crippen LogP contribution < -0.4 is 0 Å². The molecule has 1 rings (SSSR count). The van der Waals surface area contributed by atoms with E-state index in [9.17, 15) is 0 Å². The van der Waals surface area contributed by atoms with Gasteiger partial charge in [0.25, 0.3) is 0 Å². The highest BCUT2D eigenvalue weighted by atomic mass is 16.5. The number of benzene rings is 1. The monoisotopic (exact) mass is 163 g/mol. The lowest BCUT2D eigenvalue weighted by Gasteiger charge is -1.82. The summed E-state index contributed by atoms with van der Waals surface area (Å²) < 4.78 is 4.03. The lowest BCUT2D eigenvalue weighted by Crippen LogP contribution is -1.85. The minimum absolute atomic E-state index is 0.562. The van der Waals surface area contributed by atoms with E-state index in [-0.39, 0.29) is 0 Å². The first kappa shape index (κ1) is 10.8. The molecule has 0 spiro atoms. The smallest absolute Gasteiger partial charge is 0.544 e. The zero-order chi connectivity index (χ0) is 9.23. The van der Waals surface area contributed by atoms with Gasteiger partial charge in [0.1, 0.15) is 0 Å². The molecule has 12 heavy (non-hydrogen) atoms. The molecule has 3 heteroatoms. The fourth-order valence-electron chi connectivity index (χ4n) is 0.577. The average Bonchev–Trinajstić information content (AvgIpc) is 2.08. The number of aryl methyl sites for hydroxylation is 1. The van der Waals surface area contributed by atoms with Crippen molar-refractivity contribution >= 4 is 7.69 Å². The fourth-order valence-corrected chi connectivity index (χ4v) is 0.577. The van der Waals surface area contributed by atoms with Crippen LogP contribution in [-0.4, -0.2) is 12.7 Å². The van der Waals surface area contributed by atoms with Crippen molar-refractivity contribution in [3.63, 3.8) is 0 Å². The molecule has 0 saturated carbocycles. The van der Waals surface area contributed by atoms with Crippen molar-refractivity contribution in [3.05, 3.63) is 48.7 Å². The first-order valence-electron chi connectivity index (χ1n) is 3.55. The summed E-state index contributed by atoms with van der Waals surface area (Å²) in [6.45, 7) is 5.22. The Balaban J connectivity index is 0.000000217. The molecule has 0 aromatic heterocycles. The third-order valence-electron chi connectivity index (χ3n) is 1.10. The summed E-state index contributed by atoms with van der Waals surface area (Å²) in [6.07, 6.45) is 1.12. The lowest BCUT2D eigenvalue weighted by molar-refractivity contribution is 0.407. The van der Waals surface area contributed by atoms with Crippen molar-refractivity contribution in [2.45, 2.75) is 6.92 Å². The fraction of sp³-hybridized carbons (Fsp3) is 0.111. The quantitative estimate of drug-likeness (QED) is 0.530. The third kappa shape index (κ3) is 6.90. The van der Waals surface area contributed by atoms with Crippen LogP contribution in [0, 0.1) is 6.92 Å². The normalized spacial score (nSPS) is 7.50. The number of hydrogen-bond acceptors (Lipinski definition) is 2. The summed E-state index contributed by atoms with van der Waals surface area (Å²) in [7, 11) is 0.562. The molecule has 63 valence electrons. The Bertz CT molecular complexity index is 199. The van der Waals surface area contributed by atoms with Gasteiger partial charge in [0.2, 0.25) is 0 Å². The topological polar surface area (TPSA) is 29.5 Å². The Morgan fingerprint density at radius 3 is 2.17 bits per heavy atom. The van der Waals surface area contributed by atoms with Gasteiger partial charge in [-0.15, -0.1) is 0 Å². The van der Waals surface area contributed by atoms with E-state index in [0.717, 1.165) is 6.26 Å². The molecule has 0 heterocycles. The first-order valence-corrected chi connectivity index (χ1v) is 3.55. The second kappa shape index (κ2) is 7.89. The van der Waals surface area contributed by atoms with Crippen LogP contribution in [0.2, 0.25) is 0 Å². The molecule has 0 unspecified atom stereocenters.